The second-order valence-corrected chi connectivity index (χ2v) is 8.87. The van der Waals surface area contributed by atoms with Crippen LogP contribution in [-0.2, 0) is 14.6 Å². The lowest BCUT2D eigenvalue weighted by molar-refractivity contribution is -0.114. The first-order valence-corrected chi connectivity index (χ1v) is 10.4. The molecule has 0 unspecified atom stereocenters. The van der Waals surface area contributed by atoms with Gasteiger partial charge in [0, 0.05) is 6.92 Å². The van der Waals surface area contributed by atoms with E-state index in [0.717, 1.165) is 21.3 Å². The average Bonchev–Trinajstić information content (AvgIpc) is 2.95. The molecule has 0 spiro atoms. The van der Waals surface area contributed by atoms with E-state index in [2.05, 4.69) is 10.3 Å². The topological polar surface area (TPSA) is 76.1 Å². The summed E-state index contributed by atoms with van der Waals surface area (Å²) in [6.07, 6.45) is 0.589. The molecule has 1 N–H and O–H groups in total. The van der Waals surface area contributed by atoms with Crippen LogP contribution in [0.5, 0.6) is 0 Å². The van der Waals surface area contributed by atoms with Crippen molar-refractivity contribution in [2.45, 2.75) is 25.2 Å². The molecule has 0 fully saturated rings. The van der Waals surface area contributed by atoms with Crippen molar-refractivity contribution in [1.29, 1.82) is 0 Å². The summed E-state index contributed by atoms with van der Waals surface area (Å²) in [5.74, 6) is -0.0159. The Morgan fingerprint density at radius 1 is 1.16 bits per heavy atom. The molecule has 1 amide bonds. The number of carbonyl (C=O) groups is 1. The molecule has 0 bridgehead atoms. The molecule has 25 heavy (non-hydrogen) atoms. The third-order valence-corrected chi connectivity index (χ3v) is 6.52. The SMILES string of the molecule is CCCS(=O)(=O)c1cccc(-c2ccc3nc(NC(C)=O)sc3c2)c1. The van der Waals surface area contributed by atoms with Gasteiger partial charge in [0.25, 0.3) is 0 Å². The van der Waals surface area contributed by atoms with Crippen molar-refractivity contribution in [2.24, 2.45) is 0 Å². The molecular weight excluding hydrogens is 356 g/mol. The van der Waals surface area contributed by atoms with Gasteiger partial charge in [-0.15, -0.1) is 0 Å². The van der Waals surface area contributed by atoms with Gasteiger partial charge in [-0.2, -0.15) is 0 Å². The summed E-state index contributed by atoms with van der Waals surface area (Å²) in [5.41, 5.74) is 2.56. The van der Waals surface area contributed by atoms with E-state index in [0.29, 0.717) is 16.4 Å². The molecular formula is C18H18N2O3S2. The molecule has 0 aliphatic rings. The zero-order chi connectivity index (χ0) is 18.0. The number of hydrogen-bond donors (Lipinski definition) is 1. The number of fused-ring (bicyclic) bond motifs is 1. The van der Waals surface area contributed by atoms with Gasteiger partial charge in [-0.1, -0.05) is 36.5 Å². The maximum atomic E-state index is 12.3. The number of amides is 1. The number of carbonyl (C=O) groups excluding carboxylic acids is 1. The molecule has 1 heterocycles. The van der Waals surface area contributed by atoms with Crippen molar-refractivity contribution in [1.82, 2.24) is 4.98 Å². The number of nitrogens with one attached hydrogen (secondary N) is 1. The Labute approximate surface area is 150 Å². The Kier molecular flexibility index (Phi) is 4.87. The Balaban J connectivity index is 2.00. The van der Waals surface area contributed by atoms with Gasteiger partial charge in [-0.3, -0.25) is 4.79 Å². The fraction of sp³-hybridized carbons (Fsp3) is 0.222. The summed E-state index contributed by atoms with van der Waals surface area (Å²) in [6, 6.07) is 12.7. The van der Waals surface area contributed by atoms with Crippen LogP contribution in [0.15, 0.2) is 47.4 Å². The second-order valence-electron chi connectivity index (χ2n) is 5.73. The van der Waals surface area contributed by atoms with E-state index < -0.39 is 9.84 Å². The molecule has 2 aromatic carbocycles. The van der Waals surface area contributed by atoms with E-state index in [1.807, 2.05) is 31.2 Å². The lowest BCUT2D eigenvalue weighted by Gasteiger charge is -2.06. The fourth-order valence-corrected chi connectivity index (χ4v) is 4.88. The first kappa shape index (κ1) is 17.6. The fourth-order valence-electron chi connectivity index (χ4n) is 2.56. The van der Waals surface area contributed by atoms with Crippen molar-refractivity contribution in [3.8, 4) is 11.1 Å². The highest BCUT2D eigenvalue weighted by molar-refractivity contribution is 7.91. The summed E-state index contributed by atoms with van der Waals surface area (Å²) in [7, 11) is -3.25. The van der Waals surface area contributed by atoms with Crippen LogP contribution in [-0.4, -0.2) is 25.1 Å². The molecule has 0 aliphatic carbocycles. The third kappa shape index (κ3) is 3.88. The van der Waals surface area contributed by atoms with Gasteiger partial charge in [0.2, 0.25) is 5.91 Å². The van der Waals surface area contributed by atoms with Crippen LogP contribution in [0.4, 0.5) is 5.13 Å². The minimum Gasteiger partial charge on any atom is -0.302 e. The van der Waals surface area contributed by atoms with Crippen molar-refractivity contribution in [2.75, 3.05) is 11.1 Å². The van der Waals surface area contributed by atoms with Gasteiger partial charge < -0.3 is 5.32 Å². The molecule has 0 saturated carbocycles. The van der Waals surface area contributed by atoms with Crippen molar-refractivity contribution in [3.05, 3.63) is 42.5 Å². The largest absolute Gasteiger partial charge is 0.302 e. The quantitative estimate of drug-likeness (QED) is 0.729. The monoisotopic (exact) mass is 374 g/mol. The number of nitrogens with zero attached hydrogens (tertiary/aromatic N) is 1. The van der Waals surface area contributed by atoms with E-state index >= 15 is 0 Å². The van der Waals surface area contributed by atoms with E-state index in [1.54, 1.807) is 18.2 Å². The lowest BCUT2D eigenvalue weighted by atomic mass is 10.1. The standard InChI is InChI=1S/C18H18N2O3S2/c1-3-9-25(22,23)15-6-4-5-13(10-15)14-7-8-16-17(11-14)24-18(20-16)19-12(2)21/h4-8,10-11H,3,9H2,1-2H3,(H,19,20,21). The lowest BCUT2D eigenvalue weighted by Crippen LogP contribution is -2.05. The zero-order valence-corrected chi connectivity index (χ0v) is 15.6. The van der Waals surface area contributed by atoms with Gasteiger partial charge in [-0.25, -0.2) is 13.4 Å². The Morgan fingerprint density at radius 3 is 2.64 bits per heavy atom. The number of anilines is 1. The van der Waals surface area contributed by atoms with Crippen LogP contribution in [0.25, 0.3) is 21.3 Å². The Bertz CT molecular complexity index is 1040. The molecule has 5 nitrogen and oxygen atoms in total. The summed E-state index contributed by atoms with van der Waals surface area (Å²) in [5, 5.41) is 3.24. The van der Waals surface area contributed by atoms with E-state index in [9.17, 15) is 13.2 Å². The highest BCUT2D eigenvalue weighted by Crippen LogP contribution is 2.31. The third-order valence-electron chi connectivity index (χ3n) is 3.67. The number of aromatic nitrogens is 1. The number of sulfone groups is 1. The van der Waals surface area contributed by atoms with Crippen LogP contribution < -0.4 is 5.32 Å². The minimum absolute atomic E-state index is 0.143. The van der Waals surface area contributed by atoms with E-state index in [4.69, 9.17) is 0 Å². The molecule has 3 rings (SSSR count). The first-order valence-electron chi connectivity index (χ1n) is 7.90. The van der Waals surface area contributed by atoms with Crippen molar-refractivity contribution >= 4 is 42.4 Å². The van der Waals surface area contributed by atoms with Crippen LogP contribution in [0.2, 0.25) is 0 Å². The van der Waals surface area contributed by atoms with Gasteiger partial charge in [0.15, 0.2) is 15.0 Å². The molecule has 7 heteroatoms. The summed E-state index contributed by atoms with van der Waals surface area (Å²) >= 11 is 1.39. The predicted octanol–water partition coefficient (Wildman–Crippen LogP) is 4.11. The van der Waals surface area contributed by atoms with E-state index in [1.165, 1.54) is 18.3 Å². The number of thiazole rings is 1. The van der Waals surface area contributed by atoms with Crippen LogP contribution >= 0.6 is 11.3 Å². The molecule has 1 aromatic heterocycles. The van der Waals surface area contributed by atoms with Crippen LogP contribution in [0, 0.1) is 0 Å². The number of benzene rings is 2. The van der Waals surface area contributed by atoms with Gasteiger partial charge in [-0.05, 0) is 41.8 Å². The second kappa shape index (κ2) is 6.93. The number of rotatable bonds is 5. The molecule has 0 atom stereocenters. The van der Waals surface area contributed by atoms with Crippen LogP contribution in [0.3, 0.4) is 0 Å². The predicted molar refractivity (Wildman–Crippen MR) is 102 cm³/mol. The van der Waals surface area contributed by atoms with Gasteiger partial charge in [0.05, 0.1) is 20.9 Å². The molecule has 0 aliphatic heterocycles. The smallest absolute Gasteiger partial charge is 0.223 e. The molecule has 0 saturated heterocycles. The summed E-state index contributed by atoms with van der Waals surface area (Å²) in [4.78, 5) is 15.9. The first-order chi connectivity index (χ1) is 11.9. The Hall–Kier alpha value is -2.25. The summed E-state index contributed by atoms with van der Waals surface area (Å²) < 4.78 is 25.5. The van der Waals surface area contributed by atoms with Crippen molar-refractivity contribution < 1.29 is 13.2 Å². The molecule has 130 valence electrons. The number of hydrogen-bond acceptors (Lipinski definition) is 5. The van der Waals surface area contributed by atoms with Gasteiger partial charge >= 0.3 is 0 Å². The van der Waals surface area contributed by atoms with E-state index in [-0.39, 0.29) is 11.7 Å². The maximum absolute atomic E-state index is 12.3. The zero-order valence-electron chi connectivity index (χ0n) is 13.9. The Morgan fingerprint density at radius 2 is 1.92 bits per heavy atom. The van der Waals surface area contributed by atoms with Gasteiger partial charge in [0.1, 0.15) is 0 Å². The normalized spacial score (nSPS) is 11.6. The van der Waals surface area contributed by atoms with Crippen LogP contribution in [0.1, 0.15) is 20.3 Å². The highest BCUT2D eigenvalue weighted by atomic mass is 32.2. The summed E-state index contributed by atoms with van der Waals surface area (Å²) in [6.45, 7) is 3.30. The maximum Gasteiger partial charge on any atom is 0.223 e. The molecule has 0 radical (unpaired) electrons. The highest BCUT2D eigenvalue weighted by Gasteiger charge is 2.14. The average molecular weight is 374 g/mol. The van der Waals surface area contributed by atoms with Crippen molar-refractivity contribution in [3.63, 3.8) is 0 Å². The minimum atomic E-state index is -3.25. The molecule has 3 aromatic rings.